The molecule has 266 valence electrons. The van der Waals surface area contributed by atoms with Gasteiger partial charge in [-0.1, -0.05) is 6.08 Å². The van der Waals surface area contributed by atoms with Crippen molar-refractivity contribution in [2.45, 2.75) is 25.2 Å². The summed E-state index contributed by atoms with van der Waals surface area (Å²) >= 11 is 0. The minimum Gasteiger partial charge on any atom is -0.464 e. The number of rotatable bonds is 6. The van der Waals surface area contributed by atoms with E-state index in [1.54, 1.807) is 39.5 Å². The molecule has 52 heavy (non-hydrogen) atoms. The van der Waals surface area contributed by atoms with Gasteiger partial charge in [-0.25, -0.2) is 37.4 Å². The Labute approximate surface area is 296 Å². The second-order valence-electron chi connectivity index (χ2n) is 12.2. The van der Waals surface area contributed by atoms with Gasteiger partial charge in [0.1, 0.15) is 11.6 Å². The lowest BCUT2D eigenvalue weighted by molar-refractivity contribution is 0.0586. The molecule has 0 N–H and O–H groups in total. The molecule has 0 radical (unpaired) electrons. The maximum atomic E-state index is 13.3. The molecule has 14 heteroatoms. The number of aromatic nitrogens is 6. The molecule has 1 fully saturated rings. The van der Waals surface area contributed by atoms with E-state index in [0.29, 0.717) is 49.1 Å². The summed E-state index contributed by atoms with van der Waals surface area (Å²) in [7, 11) is 2.63. The molecule has 0 atom stereocenters. The van der Waals surface area contributed by atoms with Crippen LogP contribution in [0.3, 0.4) is 0 Å². The Bertz CT molecular complexity index is 2280. The first-order valence-corrected chi connectivity index (χ1v) is 16.7. The summed E-state index contributed by atoms with van der Waals surface area (Å²) in [6.45, 7) is 2.53. The molecule has 8 rings (SSSR count). The number of carbonyl (C=O) groups is 2. The lowest BCUT2D eigenvalue weighted by Gasteiger charge is -2.23. The molecule has 12 nitrogen and oxygen atoms in total. The summed E-state index contributed by atoms with van der Waals surface area (Å²) in [5, 5.41) is 9.09. The highest BCUT2D eigenvalue weighted by molar-refractivity contribution is 5.89. The third kappa shape index (κ3) is 7.29. The zero-order valence-corrected chi connectivity index (χ0v) is 28.4. The molecule has 0 unspecified atom stereocenters. The van der Waals surface area contributed by atoms with E-state index in [0.717, 1.165) is 47.1 Å². The average molecular weight is 709 g/mol. The zero-order chi connectivity index (χ0) is 36.2. The number of nitrogens with zero attached hydrogens (tertiary/aromatic N) is 6. The van der Waals surface area contributed by atoms with Crippen LogP contribution in [0.1, 0.15) is 57.3 Å². The van der Waals surface area contributed by atoms with Crippen molar-refractivity contribution in [2.24, 2.45) is 0 Å². The molecule has 0 amide bonds. The van der Waals surface area contributed by atoms with Gasteiger partial charge in [-0.2, -0.15) is 10.2 Å². The number of fused-ring (bicyclic) bond motifs is 2. The van der Waals surface area contributed by atoms with E-state index < -0.39 is 11.9 Å². The van der Waals surface area contributed by atoms with E-state index in [4.69, 9.17) is 18.9 Å². The van der Waals surface area contributed by atoms with Crippen LogP contribution in [0.2, 0.25) is 0 Å². The van der Waals surface area contributed by atoms with Crippen molar-refractivity contribution in [3.05, 3.63) is 113 Å². The highest BCUT2D eigenvalue weighted by Gasteiger charge is 2.24. The molecule has 6 heterocycles. The second-order valence-corrected chi connectivity index (χ2v) is 12.2. The number of ether oxygens (including phenoxy) is 4. The third-order valence-corrected chi connectivity index (χ3v) is 8.92. The van der Waals surface area contributed by atoms with Gasteiger partial charge in [-0.05, 0) is 91.4 Å². The number of methoxy groups -OCH3 is 2. The molecule has 2 aliphatic heterocycles. The summed E-state index contributed by atoms with van der Waals surface area (Å²) in [6, 6.07) is 16.2. The lowest BCUT2D eigenvalue weighted by Crippen LogP contribution is -2.15. The summed E-state index contributed by atoms with van der Waals surface area (Å²) < 4.78 is 50.1. The van der Waals surface area contributed by atoms with Gasteiger partial charge in [0.05, 0.1) is 51.2 Å². The van der Waals surface area contributed by atoms with E-state index in [1.165, 1.54) is 44.7 Å². The van der Waals surface area contributed by atoms with Gasteiger partial charge in [0.2, 0.25) is 0 Å². The second kappa shape index (κ2) is 15.2. The first-order chi connectivity index (χ1) is 25.3. The van der Waals surface area contributed by atoms with Crippen molar-refractivity contribution in [3.63, 3.8) is 0 Å². The number of halogens is 2. The van der Waals surface area contributed by atoms with Crippen LogP contribution in [0.5, 0.6) is 0 Å². The predicted molar refractivity (Wildman–Crippen MR) is 186 cm³/mol. The molecule has 2 aliphatic rings. The Hall–Kier alpha value is -5.86. The highest BCUT2D eigenvalue weighted by Crippen LogP contribution is 2.33. The van der Waals surface area contributed by atoms with Crippen LogP contribution in [-0.4, -0.2) is 81.8 Å². The molecule has 1 saturated heterocycles. The maximum Gasteiger partial charge on any atom is 0.358 e. The Morgan fingerprint density at radius 2 is 1.27 bits per heavy atom. The topological polar surface area (TPSA) is 131 Å². The van der Waals surface area contributed by atoms with Gasteiger partial charge in [-0.15, -0.1) is 0 Å². The largest absolute Gasteiger partial charge is 0.464 e. The molecule has 0 saturated carbocycles. The van der Waals surface area contributed by atoms with Gasteiger partial charge in [0.15, 0.2) is 22.7 Å². The minimum absolute atomic E-state index is 0.185. The van der Waals surface area contributed by atoms with Crippen molar-refractivity contribution < 1.29 is 37.3 Å². The molecule has 2 aromatic carbocycles. The average Bonchev–Trinajstić information content (AvgIpc) is 3.83. The van der Waals surface area contributed by atoms with E-state index in [1.807, 2.05) is 18.2 Å². The smallest absolute Gasteiger partial charge is 0.358 e. The molecule has 4 aromatic heterocycles. The summed E-state index contributed by atoms with van der Waals surface area (Å²) in [4.78, 5) is 32.6. The minimum atomic E-state index is -0.522. The fraction of sp³-hybridized carbons (Fsp3) is 0.263. The van der Waals surface area contributed by atoms with E-state index >= 15 is 0 Å². The van der Waals surface area contributed by atoms with Gasteiger partial charge in [0.25, 0.3) is 0 Å². The Kier molecular flexibility index (Phi) is 10.1. The van der Waals surface area contributed by atoms with Crippen LogP contribution in [0.25, 0.3) is 39.4 Å². The van der Waals surface area contributed by atoms with Crippen LogP contribution in [-0.2, 0) is 18.9 Å². The summed E-state index contributed by atoms with van der Waals surface area (Å²) in [5.74, 6) is -1.36. The number of imidazole rings is 2. The summed E-state index contributed by atoms with van der Waals surface area (Å²) in [5.41, 5.74) is 7.51. The Balaban J connectivity index is 0.000000162. The number of hydrogen-bond donors (Lipinski definition) is 0. The van der Waals surface area contributed by atoms with E-state index in [9.17, 15) is 18.4 Å². The standard InChI is InChI=1S/C19H18FN3O3.C19H16FN3O3/c2*1-25-19(24)17-11-23-18(21-17)15(12-6-8-26-9-7-12)10-16(22-23)13-2-4-14(20)5-3-13/h2-5,10-12H,6-9H2,1H3;2-6,10-11H,7-9H2,1H3. The van der Waals surface area contributed by atoms with Crippen molar-refractivity contribution in [1.82, 2.24) is 29.2 Å². The normalized spacial score (nSPS) is 14.8. The quantitative estimate of drug-likeness (QED) is 0.181. The lowest BCUT2D eigenvalue weighted by atomic mass is 9.91. The van der Waals surface area contributed by atoms with Crippen LogP contribution >= 0.6 is 0 Å². The molecular weight excluding hydrogens is 674 g/mol. The molecule has 0 bridgehead atoms. The maximum absolute atomic E-state index is 13.3. The fourth-order valence-electron chi connectivity index (χ4n) is 6.22. The van der Waals surface area contributed by atoms with Crippen molar-refractivity contribution in [3.8, 4) is 22.5 Å². The fourth-order valence-corrected chi connectivity index (χ4v) is 6.22. The number of carbonyl (C=O) groups excluding carboxylic acids is 2. The van der Waals surface area contributed by atoms with Crippen molar-refractivity contribution in [2.75, 3.05) is 40.6 Å². The Morgan fingerprint density at radius 1 is 0.731 bits per heavy atom. The number of hydrogen-bond acceptors (Lipinski definition) is 10. The van der Waals surface area contributed by atoms with Gasteiger partial charge in [-0.3, -0.25) is 0 Å². The molecular formula is C38H34F2N6O6. The number of esters is 2. The van der Waals surface area contributed by atoms with Gasteiger partial charge < -0.3 is 18.9 Å². The zero-order valence-electron chi connectivity index (χ0n) is 28.4. The van der Waals surface area contributed by atoms with E-state index in [-0.39, 0.29) is 28.9 Å². The third-order valence-electron chi connectivity index (χ3n) is 8.92. The SMILES string of the molecule is COC(=O)c1cn2nc(-c3ccc(F)cc3)cc(C3=CCOCC3)c2n1.COC(=O)c1cn2nc(-c3ccc(F)cc3)cc(C3CCOCC3)c2n1. The van der Waals surface area contributed by atoms with Gasteiger partial charge >= 0.3 is 11.9 Å². The van der Waals surface area contributed by atoms with Crippen LogP contribution in [0.4, 0.5) is 8.78 Å². The van der Waals surface area contributed by atoms with Crippen LogP contribution in [0.15, 0.2) is 79.1 Å². The first-order valence-electron chi connectivity index (χ1n) is 16.7. The first kappa shape index (κ1) is 34.6. The molecule has 0 spiro atoms. The highest BCUT2D eigenvalue weighted by atomic mass is 19.1. The monoisotopic (exact) mass is 708 g/mol. The van der Waals surface area contributed by atoms with Crippen LogP contribution < -0.4 is 0 Å². The predicted octanol–water partition coefficient (Wildman–Crippen LogP) is 6.34. The van der Waals surface area contributed by atoms with E-state index in [2.05, 4.69) is 20.2 Å². The van der Waals surface area contributed by atoms with Crippen molar-refractivity contribution in [1.29, 1.82) is 0 Å². The Morgan fingerprint density at radius 3 is 1.81 bits per heavy atom. The summed E-state index contributed by atoms with van der Waals surface area (Å²) in [6.07, 6.45) is 7.60. The van der Waals surface area contributed by atoms with Gasteiger partial charge in [0, 0.05) is 35.5 Å². The molecule has 6 aromatic rings. The number of benzene rings is 2. The van der Waals surface area contributed by atoms with Crippen LogP contribution in [0, 0.1) is 11.6 Å². The van der Waals surface area contributed by atoms with Crippen molar-refractivity contribution >= 4 is 28.8 Å². The molecule has 0 aliphatic carbocycles.